The van der Waals surface area contributed by atoms with E-state index < -0.39 is 11.6 Å². The van der Waals surface area contributed by atoms with Gasteiger partial charge in [0.15, 0.2) is 17.5 Å². The van der Waals surface area contributed by atoms with Crippen LogP contribution >= 0.6 is 0 Å². The first kappa shape index (κ1) is 35.4. The van der Waals surface area contributed by atoms with Crippen LogP contribution in [0.3, 0.4) is 0 Å². The first-order valence-corrected chi connectivity index (χ1v) is 17.9. The quantitative estimate of drug-likeness (QED) is 0.0784. The van der Waals surface area contributed by atoms with Crippen LogP contribution in [-0.2, 0) is 19.0 Å². The average Bonchev–Trinajstić information content (AvgIpc) is 3.49. The summed E-state index contributed by atoms with van der Waals surface area (Å²) in [6, 6.07) is -0.193. The summed E-state index contributed by atoms with van der Waals surface area (Å²) in [4.78, 5) is 28.7. The van der Waals surface area contributed by atoms with Gasteiger partial charge in [-0.2, -0.15) is 0 Å². The SMILES string of the molecule is [N-]=[N+]=NCC1=C([C@H]2OC(C3CCC(OCCCO)CC3)=N[C@@]2(CC2CCCCC2N=[N+]=[N-])C(=O)NCCN2CCOCC2)CCCC1. The molecule has 2 heterocycles. The molecule has 14 heteroatoms. The molecule has 3 fully saturated rings. The monoisotopic (exact) mass is 655 g/mol. The Hall–Kier alpha value is -2.86. The van der Waals surface area contributed by atoms with E-state index in [0.717, 1.165) is 108 Å². The van der Waals surface area contributed by atoms with Crippen LogP contribution in [0, 0.1) is 11.8 Å². The molecule has 5 aliphatic rings. The minimum absolute atomic E-state index is 0.000672. The molecule has 4 atom stereocenters. The van der Waals surface area contributed by atoms with E-state index in [9.17, 15) is 15.9 Å². The second-order valence-corrected chi connectivity index (χ2v) is 13.7. The van der Waals surface area contributed by atoms with Gasteiger partial charge in [-0.15, -0.1) is 0 Å². The van der Waals surface area contributed by atoms with Gasteiger partial charge in [0.05, 0.1) is 19.3 Å². The molecule has 14 nitrogen and oxygen atoms in total. The summed E-state index contributed by atoms with van der Waals surface area (Å²) >= 11 is 0. The molecule has 0 aromatic heterocycles. The van der Waals surface area contributed by atoms with E-state index in [-0.39, 0.29) is 43.0 Å². The highest BCUT2D eigenvalue weighted by Crippen LogP contribution is 2.46. The molecule has 2 saturated carbocycles. The topological polar surface area (TPSA) is 190 Å². The van der Waals surface area contributed by atoms with Crippen LogP contribution < -0.4 is 5.32 Å². The van der Waals surface area contributed by atoms with Gasteiger partial charge in [0.1, 0.15) is 0 Å². The molecule has 1 amide bonds. The van der Waals surface area contributed by atoms with Crippen molar-refractivity contribution in [2.45, 2.75) is 114 Å². The van der Waals surface area contributed by atoms with E-state index in [1.165, 1.54) is 0 Å². The molecule has 0 spiro atoms. The molecule has 3 aliphatic carbocycles. The molecule has 0 radical (unpaired) electrons. The average molecular weight is 656 g/mol. The summed E-state index contributed by atoms with van der Waals surface area (Å²) in [6.07, 6.45) is 11.3. The van der Waals surface area contributed by atoms with E-state index in [1.54, 1.807) is 0 Å². The Labute approximate surface area is 277 Å². The fourth-order valence-electron chi connectivity index (χ4n) is 8.21. The standard InChI is InChI=1S/C33H53N9O5/c34-40-37-23-26-7-1-3-8-28(26)30-33(22-25-6-2-4-9-29(25)39-41-35,32(44)36-14-15-42-16-20-45-21-17-42)38-31(47-30)24-10-12-27(13-11-24)46-19-5-18-43/h24-25,27,29-30,43H,1-23H2,(H,36,44)/t24?,25?,27?,29?,30-,33-/m1/s1. The lowest BCUT2D eigenvalue weighted by Crippen LogP contribution is -2.56. The Bertz CT molecular complexity index is 1200. The van der Waals surface area contributed by atoms with Gasteiger partial charge in [-0.25, -0.2) is 4.99 Å². The number of nitrogens with zero attached hydrogens (tertiary/aromatic N) is 8. The number of carbonyl (C=O) groups excluding carboxylic acids is 1. The van der Waals surface area contributed by atoms with Crippen molar-refractivity contribution in [1.29, 1.82) is 0 Å². The third kappa shape index (κ3) is 9.19. The molecule has 0 aromatic rings. The second kappa shape index (κ2) is 18.1. The van der Waals surface area contributed by atoms with Gasteiger partial charge in [0, 0.05) is 67.7 Å². The fourth-order valence-corrected chi connectivity index (χ4v) is 8.21. The largest absolute Gasteiger partial charge is 0.470 e. The molecule has 2 aliphatic heterocycles. The highest BCUT2D eigenvalue weighted by atomic mass is 16.5. The first-order chi connectivity index (χ1) is 23.1. The van der Waals surface area contributed by atoms with E-state index in [2.05, 4.69) is 30.3 Å². The molecule has 0 aromatic carbocycles. The Kier molecular flexibility index (Phi) is 13.6. The molecule has 1 saturated heterocycles. The molecule has 0 bridgehead atoms. The third-order valence-electron chi connectivity index (χ3n) is 10.8. The van der Waals surface area contributed by atoms with Crippen LogP contribution in [0.5, 0.6) is 0 Å². The number of rotatable bonds is 15. The first-order valence-electron chi connectivity index (χ1n) is 17.9. The maximum absolute atomic E-state index is 14.8. The molecule has 5 rings (SSSR count). The van der Waals surface area contributed by atoms with Crippen LogP contribution in [0.4, 0.5) is 0 Å². The summed E-state index contributed by atoms with van der Waals surface area (Å²) in [7, 11) is 0. The van der Waals surface area contributed by atoms with Gasteiger partial charge in [0.25, 0.3) is 5.91 Å². The third-order valence-corrected chi connectivity index (χ3v) is 10.8. The number of aliphatic hydroxyl groups excluding tert-OH is 1. The summed E-state index contributed by atoms with van der Waals surface area (Å²) in [6.45, 7) is 5.22. The van der Waals surface area contributed by atoms with Crippen molar-refractivity contribution < 1.29 is 24.1 Å². The highest BCUT2D eigenvalue weighted by Gasteiger charge is 2.56. The minimum Gasteiger partial charge on any atom is -0.470 e. The van der Waals surface area contributed by atoms with Gasteiger partial charge < -0.3 is 24.6 Å². The zero-order chi connectivity index (χ0) is 32.9. The van der Waals surface area contributed by atoms with Gasteiger partial charge >= 0.3 is 0 Å². The molecular formula is C33H53N9O5. The maximum Gasteiger partial charge on any atom is 0.252 e. The van der Waals surface area contributed by atoms with E-state index in [0.29, 0.717) is 45.1 Å². The minimum atomic E-state index is -1.21. The molecule has 2 N–H and O–H groups in total. The number of nitrogens with one attached hydrogen (secondary N) is 1. The van der Waals surface area contributed by atoms with E-state index >= 15 is 0 Å². The lowest BCUT2D eigenvalue weighted by Gasteiger charge is -2.39. The van der Waals surface area contributed by atoms with E-state index in [4.69, 9.17) is 24.3 Å². The van der Waals surface area contributed by atoms with Gasteiger partial charge in [-0.05, 0) is 99.6 Å². The van der Waals surface area contributed by atoms with Crippen LogP contribution in [0.15, 0.2) is 26.4 Å². The number of amides is 1. The van der Waals surface area contributed by atoms with Gasteiger partial charge in [-0.3, -0.25) is 9.69 Å². The predicted octanol–water partition coefficient (Wildman–Crippen LogP) is 5.37. The molecule has 260 valence electrons. The highest BCUT2D eigenvalue weighted by molar-refractivity contribution is 5.95. The van der Waals surface area contributed by atoms with Gasteiger partial charge in [-0.1, -0.05) is 28.6 Å². The Morgan fingerprint density at radius 1 is 1.06 bits per heavy atom. The van der Waals surface area contributed by atoms with Crippen molar-refractivity contribution in [2.24, 2.45) is 27.1 Å². The number of azide groups is 2. The number of hydrogen-bond acceptors (Lipinski definition) is 9. The van der Waals surface area contributed by atoms with Crippen molar-refractivity contribution in [3.63, 3.8) is 0 Å². The van der Waals surface area contributed by atoms with E-state index in [1.807, 2.05) is 0 Å². The lowest BCUT2D eigenvalue weighted by molar-refractivity contribution is -0.129. The van der Waals surface area contributed by atoms with Crippen molar-refractivity contribution in [3.05, 3.63) is 32.0 Å². The van der Waals surface area contributed by atoms with Crippen molar-refractivity contribution >= 4 is 11.8 Å². The molecule has 2 unspecified atom stereocenters. The number of carbonyl (C=O) groups is 1. The number of aliphatic imine (C=N–C) groups is 1. The van der Waals surface area contributed by atoms with Crippen molar-refractivity contribution in [1.82, 2.24) is 10.2 Å². The van der Waals surface area contributed by atoms with Crippen molar-refractivity contribution in [2.75, 3.05) is 59.2 Å². The number of hydrogen-bond donors (Lipinski definition) is 2. The van der Waals surface area contributed by atoms with Gasteiger partial charge in [0.2, 0.25) is 0 Å². The predicted molar refractivity (Wildman–Crippen MR) is 178 cm³/mol. The Balaban J connectivity index is 1.48. The van der Waals surface area contributed by atoms with Crippen LogP contribution in [0.25, 0.3) is 20.9 Å². The molecular weight excluding hydrogens is 602 g/mol. The second-order valence-electron chi connectivity index (χ2n) is 13.7. The zero-order valence-corrected chi connectivity index (χ0v) is 27.8. The number of morpholine rings is 1. The Morgan fingerprint density at radius 2 is 1.85 bits per heavy atom. The Morgan fingerprint density at radius 3 is 2.62 bits per heavy atom. The van der Waals surface area contributed by atoms with Crippen LogP contribution in [0.2, 0.25) is 0 Å². The number of aliphatic hydroxyl groups is 1. The maximum atomic E-state index is 14.8. The van der Waals surface area contributed by atoms with Crippen LogP contribution in [-0.4, -0.2) is 105 Å². The lowest BCUT2D eigenvalue weighted by atomic mass is 9.71. The zero-order valence-electron chi connectivity index (χ0n) is 27.8. The summed E-state index contributed by atoms with van der Waals surface area (Å²) in [5.74, 6) is 0.573. The number of ether oxygens (including phenoxy) is 3. The molecule has 47 heavy (non-hydrogen) atoms. The summed E-state index contributed by atoms with van der Waals surface area (Å²) < 4.78 is 18.5. The van der Waals surface area contributed by atoms with Crippen molar-refractivity contribution in [3.8, 4) is 0 Å². The fraction of sp³-hybridized carbons (Fsp3) is 0.879. The smallest absolute Gasteiger partial charge is 0.252 e. The normalized spacial score (nSPS) is 31.7. The summed E-state index contributed by atoms with van der Waals surface area (Å²) in [5.41, 5.74) is 19.5. The van der Waals surface area contributed by atoms with Crippen LogP contribution in [0.1, 0.15) is 89.9 Å². The summed E-state index contributed by atoms with van der Waals surface area (Å²) in [5, 5.41) is 20.6.